The number of benzene rings is 2. The highest BCUT2D eigenvalue weighted by atomic mass is 35.5. The van der Waals surface area contributed by atoms with E-state index >= 15 is 0 Å². The maximum absolute atomic E-state index is 6.19. The fourth-order valence-electron chi connectivity index (χ4n) is 3.96. The number of hydrogen-bond acceptors (Lipinski definition) is 7. The Hall–Kier alpha value is -3.20. The van der Waals surface area contributed by atoms with Gasteiger partial charge in [-0.25, -0.2) is 9.97 Å². The fourth-order valence-corrected chi connectivity index (χ4v) is 4.15. The summed E-state index contributed by atoms with van der Waals surface area (Å²) in [4.78, 5) is 14.2. The Labute approximate surface area is 197 Å². The van der Waals surface area contributed by atoms with E-state index in [1.165, 1.54) is 0 Å². The standard InChI is InChI=1S/C24H26ClN7O/c1-24(9-11-33-12-10-24)31-22-27-15-20-21(30-22)32(19-7-5-16(14-26)6-8-19)23(29-20)28-18-4-2-3-17(25)13-18/h2-8,13,15H,9-12,14,26H2,1H3,(H,28,29)(H,27,30,31). The van der Waals surface area contributed by atoms with Gasteiger partial charge >= 0.3 is 0 Å². The summed E-state index contributed by atoms with van der Waals surface area (Å²) in [6, 6.07) is 15.6. The molecule has 4 aromatic rings. The van der Waals surface area contributed by atoms with Crippen molar-refractivity contribution in [2.75, 3.05) is 23.8 Å². The van der Waals surface area contributed by atoms with Gasteiger partial charge in [0.2, 0.25) is 11.9 Å². The predicted octanol–water partition coefficient (Wildman–Crippen LogP) is 4.65. The topological polar surface area (TPSA) is 103 Å². The Morgan fingerprint density at radius 3 is 2.64 bits per heavy atom. The van der Waals surface area contributed by atoms with Gasteiger partial charge in [0.15, 0.2) is 5.65 Å². The number of fused-ring (bicyclic) bond motifs is 1. The molecule has 9 heteroatoms. The van der Waals surface area contributed by atoms with Crippen LogP contribution >= 0.6 is 11.6 Å². The van der Waals surface area contributed by atoms with Crippen molar-refractivity contribution in [3.63, 3.8) is 0 Å². The van der Waals surface area contributed by atoms with E-state index in [0.29, 0.717) is 34.6 Å². The summed E-state index contributed by atoms with van der Waals surface area (Å²) in [6.07, 6.45) is 3.55. The number of nitrogens with two attached hydrogens (primary N) is 1. The second-order valence-corrected chi connectivity index (χ2v) is 8.91. The molecule has 0 aliphatic carbocycles. The van der Waals surface area contributed by atoms with E-state index in [1.807, 2.05) is 53.1 Å². The molecule has 0 bridgehead atoms. The van der Waals surface area contributed by atoms with Crippen molar-refractivity contribution in [1.29, 1.82) is 0 Å². The van der Waals surface area contributed by atoms with Crippen molar-refractivity contribution in [3.05, 3.63) is 65.3 Å². The number of nitrogens with zero attached hydrogens (tertiary/aromatic N) is 4. The molecule has 2 aromatic heterocycles. The monoisotopic (exact) mass is 463 g/mol. The lowest BCUT2D eigenvalue weighted by atomic mass is 9.93. The maximum Gasteiger partial charge on any atom is 0.225 e. The zero-order valence-corrected chi connectivity index (χ0v) is 19.1. The van der Waals surface area contributed by atoms with Crippen LogP contribution in [0, 0.1) is 0 Å². The van der Waals surface area contributed by atoms with Gasteiger partial charge in [0.05, 0.1) is 11.9 Å². The van der Waals surface area contributed by atoms with E-state index in [2.05, 4.69) is 22.5 Å². The van der Waals surface area contributed by atoms with E-state index in [1.54, 1.807) is 6.20 Å². The molecule has 1 fully saturated rings. The molecule has 0 radical (unpaired) electrons. The number of hydrogen-bond donors (Lipinski definition) is 3. The van der Waals surface area contributed by atoms with Gasteiger partial charge in [0, 0.05) is 36.0 Å². The van der Waals surface area contributed by atoms with Crippen LogP contribution in [-0.4, -0.2) is 38.3 Å². The third-order valence-electron chi connectivity index (χ3n) is 5.92. The SMILES string of the molecule is CC1(Nc2ncc3nc(Nc4cccc(Cl)c4)n(-c4ccc(CN)cc4)c3n2)CCOCC1. The van der Waals surface area contributed by atoms with Crippen molar-refractivity contribution in [2.24, 2.45) is 5.73 Å². The first kappa shape index (κ1) is 21.6. The van der Waals surface area contributed by atoms with Gasteiger partial charge < -0.3 is 21.1 Å². The summed E-state index contributed by atoms with van der Waals surface area (Å²) < 4.78 is 7.50. The zero-order chi connectivity index (χ0) is 22.8. The first-order valence-corrected chi connectivity index (χ1v) is 11.3. The van der Waals surface area contributed by atoms with Crippen LogP contribution in [0.15, 0.2) is 54.7 Å². The summed E-state index contributed by atoms with van der Waals surface area (Å²) in [7, 11) is 0. The molecule has 0 saturated carbocycles. The number of nitrogens with one attached hydrogen (secondary N) is 2. The predicted molar refractivity (Wildman–Crippen MR) is 131 cm³/mol. The maximum atomic E-state index is 6.19. The lowest BCUT2D eigenvalue weighted by Crippen LogP contribution is -2.41. The van der Waals surface area contributed by atoms with Crippen LogP contribution in [0.2, 0.25) is 5.02 Å². The minimum absolute atomic E-state index is 0.110. The Morgan fingerprint density at radius 1 is 1.12 bits per heavy atom. The van der Waals surface area contributed by atoms with E-state index in [9.17, 15) is 0 Å². The summed E-state index contributed by atoms with van der Waals surface area (Å²) >= 11 is 6.19. The van der Waals surface area contributed by atoms with Gasteiger partial charge in [0.25, 0.3) is 0 Å². The molecule has 3 heterocycles. The van der Waals surface area contributed by atoms with Gasteiger partial charge in [-0.15, -0.1) is 0 Å². The third-order valence-corrected chi connectivity index (χ3v) is 6.16. The van der Waals surface area contributed by atoms with Crippen LogP contribution in [0.25, 0.3) is 16.9 Å². The molecule has 0 spiro atoms. The van der Waals surface area contributed by atoms with Gasteiger partial charge in [-0.1, -0.05) is 29.8 Å². The largest absolute Gasteiger partial charge is 0.381 e. The molecule has 0 unspecified atom stereocenters. The van der Waals surface area contributed by atoms with Crippen molar-refractivity contribution in [3.8, 4) is 5.69 Å². The molecule has 1 aliphatic heterocycles. The second-order valence-electron chi connectivity index (χ2n) is 8.48. The lowest BCUT2D eigenvalue weighted by molar-refractivity contribution is 0.0656. The Bertz CT molecular complexity index is 1270. The highest BCUT2D eigenvalue weighted by Gasteiger charge is 2.28. The number of rotatable bonds is 6. The third kappa shape index (κ3) is 4.64. The number of halogens is 1. The summed E-state index contributed by atoms with van der Waals surface area (Å²) in [5.41, 5.74) is 9.87. The van der Waals surface area contributed by atoms with E-state index in [4.69, 9.17) is 32.0 Å². The Balaban J connectivity index is 1.59. The van der Waals surface area contributed by atoms with Crippen LogP contribution in [-0.2, 0) is 11.3 Å². The van der Waals surface area contributed by atoms with Gasteiger partial charge in [-0.2, -0.15) is 4.98 Å². The molecule has 170 valence electrons. The molecule has 33 heavy (non-hydrogen) atoms. The average molecular weight is 464 g/mol. The van der Waals surface area contributed by atoms with Crippen molar-refractivity contribution >= 4 is 40.3 Å². The average Bonchev–Trinajstić information content (AvgIpc) is 3.16. The van der Waals surface area contributed by atoms with Crippen LogP contribution in [0.4, 0.5) is 17.6 Å². The highest BCUT2D eigenvalue weighted by Crippen LogP contribution is 2.29. The molecule has 4 N–H and O–H groups in total. The first-order chi connectivity index (χ1) is 16.0. The fraction of sp³-hybridized carbons (Fsp3) is 0.292. The first-order valence-electron chi connectivity index (χ1n) is 11.0. The number of ether oxygens (including phenoxy) is 1. The normalized spacial score (nSPS) is 15.5. The van der Waals surface area contributed by atoms with Crippen molar-refractivity contribution < 1.29 is 4.74 Å². The summed E-state index contributed by atoms with van der Waals surface area (Å²) in [5, 5.41) is 7.54. The smallest absolute Gasteiger partial charge is 0.225 e. The van der Waals surface area contributed by atoms with Crippen molar-refractivity contribution in [2.45, 2.75) is 31.8 Å². The number of imidazole rings is 1. The number of aromatic nitrogens is 4. The Morgan fingerprint density at radius 2 is 1.91 bits per heavy atom. The summed E-state index contributed by atoms with van der Waals surface area (Å²) in [6.45, 7) is 4.12. The molecule has 1 saturated heterocycles. The zero-order valence-electron chi connectivity index (χ0n) is 18.4. The molecule has 0 amide bonds. The molecule has 0 atom stereocenters. The van der Waals surface area contributed by atoms with Gasteiger partial charge in [0.1, 0.15) is 5.52 Å². The molecule has 8 nitrogen and oxygen atoms in total. The van der Waals surface area contributed by atoms with Crippen LogP contribution in [0.1, 0.15) is 25.3 Å². The van der Waals surface area contributed by atoms with Crippen molar-refractivity contribution in [1.82, 2.24) is 19.5 Å². The van der Waals surface area contributed by atoms with Crippen LogP contribution < -0.4 is 16.4 Å². The molecule has 2 aromatic carbocycles. The second kappa shape index (κ2) is 8.97. The molecule has 1 aliphatic rings. The molecular weight excluding hydrogens is 438 g/mol. The minimum atomic E-state index is -0.110. The Kier molecular flexibility index (Phi) is 5.88. The molecule has 5 rings (SSSR count). The molecular formula is C24H26ClN7O. The highest BCUT2D eigenvalue weighted by molar-refractivity contribution is 6.30. The van der Waals surface area contributed by atoms with Crippen LogP contribution in [0.3, 0.4) is 0 Å². The number of anilines is 3. The summed E-state index contributed by atoms with van der Waals surface area (Å²) in [5.74, 6) is 1.19. The van der Waals surface area contributed by atoms with E-state index in [-0.39, 0.29) is 5.54 Å². The van der Waals surface area contributed by atoms with E-state index in [0.717, 1.165) is 43.0 Å². The lowest BCUT2D eigenvalue weighted by Gasteiger charge is -2.34. The quantitative estimate of drug-likeness (QED) is 0.382. The van der Waals surface area contributed by atoms with Crippen LogP contribution in [0.5, 0.6) is 0 Å². The van der Waals surface area contributed by atoms with Gasteiger partial charge in [-0.3, -0.25) is 4.57 Å². The van der Waals surface area contributed by atoms with E-state index < -0.39 is 0 Å². The minimum Gasteiger partial charge on any atom is -0.381 e. The van der Waals surface area contributed by atoms with Gasteiger partial charge in [-0.05, 0) is 55.7 Å².